The fourth-order valence-corrected chi connectivity index (χ4v) is 3.49. The molecule has 2 aromatic rings. The molecule has 0 bridgehead atoms. The standard InChI is InChI=1S/C22H26N2O3S/c1-16-6-3-4-7-19(16)15-24-21-14-18(17-8-9-17)10-11-20(21)22(25)23-12-5-13-28(2,26)27/h3-7,10-11,13-14,17,24H,8-9,12,15H2,1-2H3,(H,23,25)/b13-5+. The van der Waals surface area contributed by atoms with Crippen LogP contribution in [0.5, 0.6) is 0 Å². The van der Waals surface area contributed by atoms with E-state index in [1.165, 1.54) is 35.6 Å². The number of hydrogen-bond acceptors (Lipinski definition) is 4. The van der Waals surface area contributed by atoms with Crippen LogP contribution in [0, 0.1) is 6.92 Å². The van der Waals surface area contributed by atoms with Crippen LogP contribution in [0.25, 0.3) is 0 Å². The number of carbonyl (C=O) groups excluding carboxylic acids is 1. The monoisotopic (exact) mass is 398 g/mol. The largest absolute Gasteiger partial charge is 0.380 e. The lowest BCUT2D eigenvalue weighted by atomic mass is 10.0. The highest BCUT2D eigenvalue weighted by atomic mass is 32.2. The Morgan fingerprint density at radius 3 is 2.61 bits per heavy atom. The van der Waals surface area contributed by atoms with Gasteiger partial charge in [0.1, 0.15) is 0 Å². The van der Waals surface area contributed by atoms with E-state index in [0.29, 0.717) is 18.0 Å². The zero-order valence-electron chi connectivity index (χ0n) is 16.2. The van der Waals surface area contributed by atoms with E-state index in [9.17, 15) is 13.2 Å². The van der Waals surface area contributed by atoms with E-state index in [-0.39, 0.29) is 12.5 Å². The fourth-order valence-electron chi connectivity index (χ4n) is 3.05. The number of aryl methyl sites for hydroxylation is 1. The minimum Gasteiger partial charge on any atom is -0.380 e. The molecule has 0 saturated heterocycles. The Kier molecular flexibility index (Phi) is 6.19. The average Bonchev–Trinajstić information content (AvgIpc) is 3.49. The first-order chi connectivity index (χ1) is 13.3. The molecule has 3 rings (SSSR count). The van der Waals surface area contributed by atoms with Crippen molar-refractivity contribution in [1.82, 2.24) is 5.32 Å². The van der Waals surface area contributed by atoms with Crippen LogP contribution in [0.4, 0.5) is 5.69 Å². The van der Waals surface area contributed by atoms with Crippen molar-refractivity contribution in [3.05, 3.63) is 76.2 Å². The van der Waals surface area contributed by atoms with Gasteiger partial charge in [0.15, 0.2) is 9.84 Å². The first-order valence-electron chi connectivity index (χ1n) is 9.40. The number of anilines is 1. The van der Waals surface area contributed by atoms with Crippen molar-refractivity contribution in [3.8, 4) is 0 Å². The summed E-state index contributed by atoms with van der Waals surface area (Å²) in [5.74, 6) is 0.363. The van der Waals surface area contributed by atoms with Crippen LogP contribution in [0.3, 0.4) is 0 Å². The number of benzene rings is 2. The van der Waals surface area contributed by atoms with Crippen molar-refractivity contribution in [2.24, 2.45) is 0 Å². The highest BCUT2D eigenvalue weighted by Crippen LogP contribution is 2.41. The minimum atomic E-state index is -3.19. The van der Waals surface area contributed by atoms with Gasteiger partial charge in [-0.3, -0.25) is 4.79 Å². The average molecular weight is 399 g/mol. The van der Waals surface area contributed by atoms with Gasteiger partial charge in [0.25, 0.3) is 5.91 Å². The molecule has 0 heterocycles. The van der Waals surface area contributed by atoms with E-state index in [2.05, 4.69) is 35.8 Å². The number of nitrogens with one attached hydrogen (secondary N) is 2. The summed E-state index contributed by atoms with van der Waals surface area (Å²) < 4.78 is 22.3. The van der Waals surface area contributed by atoms with Crippen molar-refractivity contribution in [1.29, 1.82) is 0 Å². The van der Waals surface area contributed by atoms with Gasteiger partial charge in [0.05, 0.1) is 5.56 Å². The van der Waals surface area contributed by atoms with Gasteiger partial charge < -0.3 is 10.6 Å². The summed E-state index contributed by atoms with van der Waals surface area (Å²) in [5.41, 5.74) is 5.00. The lowest BCUT2D eigenvalue weighted by Crippen LogP contribution is -2.24. The van der Waals surface area contributed by atoms with Crippen LogP contribution < -0.4 is 10.6 Å². The third kappa shape index (κ3) is 5.70. The summed E-state index contributed by atoms with van der Waals surface area (Å²) in [6, 6.07) is 14.1. The third-order valence-electron chi connectivity index (χ3n) is 4.79. The zero-order valence-corrected chi connectivity index (χ0v) is 17.1. The van der Waals surface area contributed by atoms with Gasteiger partial charge in [-0.15, -0.1) is 0 Å². The molecule has 5 nitrogen and oxygen atoms in total. The number of rotatable bonds is 8. The molecular weight excluding hydrogens is 372 g/mol. The summed E-state index contributed by atoms with van der Waals surface area (Å²) in [5, 5.41) is 7.27. The molecule has 6 heteroatoms. The second-order valence-electron chi connectivity index (χ2n) is 7.27. The van der Waals surface area contributed by atoms with Gasteiger partial charge in [-0.2, -0.15) is 0 Å². The molecule has 1 aliphatic rings. The molecule has 2 N–H and O–H groups in total. The summed E-state index contributed by atoms with van der Waals surface area (Å²) in [7, 11) is -3.19. The molecule has 0 spiro atoms. The van der Waals surface area contributed by atoms with Gasteiger partial charge in [-0.1, -0.05) is 36.4 Å². The van der Waals surface area contributed by atoms with Crippen LogP contribution in [0.2, 0.25) is 0 Å². The summed E-state index contributed by atoms with van der Waals surface area (Å²) >= 11 is 0. The highest BCUT2D eigenvalue weighted by Gasteiger charge is 2.24. The number of hydrogen-bond donors (Lipinski definition) is 2. The maximum atomic E-state index is 12.6. The Balaban J connectivity index is 1.75. The van der Waals surface area contributed by atoms with Gasteiger partial charge in [0.2, 0.25) is 0 Å². The van der Waals surface area contributed by atoms with Crippen molar-refractivity contribution in [2.75, 3.05) is 18.1 Å². The van der Waals surface area contributed by atoms with Crippen molar-refractivity contribution in [2.45, 2.75) is 32.2 Å². The van der Waals surface area contributed by atoms with E-state index >= 15 is 0 Å². The molecule has 1 aliphatic carbocycles. The Morgan fingerprint density at radius 2 is 1.93 bits per heavy atom. The Labute approximate surface area is 166 Å². The number of carbonyl (C=O) groups is 1. The summed E-state index contributed by atoms with van der Waals surface area (Å²) in [6.45, 7) is 2.86. The van der Waals surface area contributed by atoms with Crippen molar-refractivity contribution in [3.63, 3.8) is 0 Å². The van der Waals surface area contributed by atoms with E-state index in [1.54, 1.807) is 0 Å². The number of sulfone groups is 1. The van der Waals surface area contributed by atoms with Crippen LogP contribution in [0.1, 0.15) is 45.8 Å². The molecule has 1 saturated carbocycles. The van der Waals surface area contributed by atoms with Gasteiger partial charge >= 0.3 is 0 Å². The Bertz CT molecular complexity index is 993. The van der Waals surface area contributed by atoms with E-state index in [4.69, 9.17) is 0 Å². The van der Waals surface area contributed by atoms with E-state index in [0.717, 1.165) is 17.4 Å². The van der Waals surface area contributed by atoms with Crippen LogP contribution >= 0.6 is 0 Å². The molecular formula is C22H26N2O3S. The summed E-state index contributed by atoms with van der Waals surface area (Å²) in [4.78, 5) is 12.6. The van der Waals surface area contributed by atoms with Crippen LogP contribution in [-0.4, -0.2) is 27.1 Å². The highest BCUT2D eigenvalue weighted by molar-refractivity contribution is 7.93. The summed E-state index contributed by atoms with van der Waals surface area (Å²) in [6.07, 6.45) is 4.94. The molecule has 0 aliphatic heterocycles. The van der Waals surface area contributed by atoms with Gasteiger partial charge in [-0.05, 0) is 54.5 Å². The van der Waals surface area contributed by atoms with Crippen LogP contribution in [-0.2, 0) is 16.4 Å². The minimum absolute atomic E-state index is 0.160. The lowest BCUT2D eigenvalue weighted by molar-refractivity contribution is 0.0958. The van der Waals surface area contributed by atoms with E-state index < -0.39 is 9.84 Å². The SMILES string of the molecule is Cc1ccccc1CNc1cc(C2CC2)ccc1C(=O)NC/C=C/S(C)(=O)=O. The smallest absolute Gasteiger partial charge is 0.253 e. The van der Waals surface area contributed by atoms with Crippen molar-refractivity contribution < 1.29 is 13.2 Å². The first-order valence-corrected chi connectivity index (χ1v) is 11.4. The maximum absolute atomic E-state index is 12.6. The molecule has 0 aromatic heterocycles. The second-order valence-corrected chi connectivity index (χ2v) is 9.20. The molecule has 148 valence electrons. The van der Waals surface area contributed by atoms with Crippen molar-refractivity contribution >= 4 is 21.4 Å². The first kappa shape index (κ1) is 20.1. The predicted molar refractivity (Wildman–Crippen MR) is 113 cm³/mol. The Hall–Kier alpha value is -2.60. The zero-order chi connectivity index (χ0) is 20.1. The quantitative estimate of drug-likeness (QED) is 0.710. The number of amides is 1. The van der Waals surface area contributed by atoms with E-state index in [1.807, 2.05) is 24.3 Å². The van der Waals surface area contributed by atoms with Gasteiger partial charge in [-0.25, -0.2) is 8.42 Å². The lowest BCUT2D eigenvalue weighted by Gasteiger charge is -2.15. The van der Waals surface area contributed by atoms with Gasteiger partial charge in [0, 0.05) is 30.4 Å². The third-order valence-corrected chi connectivity index (χ3v) is 5.48. The van der Waals surface area contributed by atoms with Crippen LogP contribution in [0.15, 0.2) is 53.9 Å². The topological polar surface area (TPSA) is 75.3 Å². The fraction of sp³-hybridized carbons (Fsp3) is 0.318. The Morgan fingerprint density at radius 1 is 1.18 bits per heavy atom. The molecule has 0 radical (unpaired) electrons. The second kappa shape index (κ2) is 8.61. The predicted octanol–water partition coefficient (Wildman–Crippen LogP) is 3.77. The molecule has 0 unspecified atom stereocenters. The normalized spacial score (nSPS) is 14.2. The maximum Gasteiger partial charge on any atom is 0.253 e. The molecule has 2 aromatic carbocycles. The molecule has 1 amide bonds. The molecule has 0 atom stereocenters. The molecule has 1 fully saturated rings. The molecule has 28 heavy (non-hydrogen) atoms.